The number of hydrogen-bond donors (Lipinski definition) is 2. The number of nitrogens with zero attached hydrogens (tertiary/aromatic N) is 1. The van der Waals surface area contributed by atoms with Gasteiger partial charge in [-0.05, 0) is 61.3 Å². The van der Waals surface area contributed by atoms with Crippen molar-refractivity contribution in [1.82, 2.24) is 4.90 Å². The van der Waals surface area contributed by atoms with E-state index >= 15 is 0 Å². The van der Waals surface area contributed by atoms with E-state index in [1.54, 1.807) is 42.5 Å². The lowest BCUT2D eigenvalue weighted by Crippen LogP contribution is -2.29. The molecule has 0 radical (unpaired) electrons. The third kappa shape index (κ3) is 5.36. The molecule has 1 aliphatic rings. The minimum Gasteiger partial charge on any atom is -0.338 e. The number of likely N-dealkylation sites (tertiary alicyclic amines) is 1. The average molecular weight is 429 g/mol. The summed E-state index contributed by atoms with van der Waals surface area (Å²) >= 11 is 11.8. The Balaban J connectivity index is 0.00000261. The first-order chi connectivity index (χ1) is 12.5. The Kier molecular flexibility index (Phi) is 7.50. The number of anilines is 1. The van der Waals surface area contributed by atoms with Gasteiger partial charge in [0.15, 0.2) is 0 Å². The average Bonchev–Trinajstić information content (AvgIpc) is 3.10. The van der Waals surface area contributed by atoms with Crippen LogP contribution in [0.1, 0.15) is 27.1 Å². The molecule has 1 atom stereocenters. The van der Waals surface area contributed by atoms with E-state index in [1.165, 1.54) is 0 Å². The third-order valence-electron chi connectivity index (χ3n) is 4.42. The fourth-order valence-electron chi connectivity index (χ4n) is 2.98. The van der Waals surface area contributed by atoms with Gasteiger partial charge in [0.25, 0.3) is 11.8 Å². The fraction of sp³-hybridized carbons (Fsp3) is 0.263. The largest absolute Gasteiger partial charge is 0.338 e. The predicted molar refractivity (Wildman–Crippen MR) is 111 cm³/mol. The van der Waals surface area contributed by atoms with Gasteiger partial charge in [-0.25, -0.2) is 0 Å². The Hall–Kier alpha value is -1.79. The van der Waals surface area contributed by atoms with Crippen LogP contribution in [0, 0.1) is 5.92 Å². The second kappa shape index (κ2) is 9.42. The van der Waals surface area contributed by atoms with Crippen LogP contribution < -0.4 is 11.1 Å². The molecule has 0 aromatic heterocycles. The highest BCUT2D eigenvalue weighted by Crippen LogP contribution is 2.21. The summed E-state index contributed by atoms with van der Waals surface area (Å²) in [5.74, 6) is 0.0429. The minimum atomic E-state index is -0.321. The highest BCUT2D eigenvalue weighted by molar-refractivity contribution is 6.35. The number of rotatable bonds is 4. The first kappa shape index (κ1) is 21.5. The third-order valence-corrected chi connectivity index (χ3v) is 4.86. The Morgan fingerprint density at radius 3 is 2.26 bits per heavy atom. The predicted octanol–water partition coefficient (Wildman–Crippen LogP) is 4.09. The van der Waals surface area contributed by atoms with E-state index in [4.69, 9.17) is 28.9 Å². The van der Waals surface area contributed by atoms with Crippen LogP contribution in [0.3, 0.4) is 0 Å². The first-order valence-corrected chi connectivity index (χ1v) is 9.08. The van der Waals surface area contributed by atoms with E-state index in [0.29, 0.717) is 45.9 Å². The lowest BCUT2D eigenvalue weighted by atomic mass is 10.1. The van der Waals surface area contributed by atoms with Crippen LogP contribution in [0.2, 0.25) is 10.0 Å². The number of nitrogens with two attached hydrogens (primary N) is 1. The van der Waals surface area contributed by atoms with Gasteiger partial charge in [0.2, 0.25) is 0 Å². The molecule has 0 bridgehead atoms. The molecule has 8 heteroatoms. The maximum Gasteiger partial charge on any atom is 0.255 e. The zero-order chi connectivity index (χ0) is 18.7. The van der Waals surface area contributed by atoms with Crippen LogP contribution in [-0.2, 0) is 0 Å². The molecule has 0 aliphatic carbocycles. The standard InChI is InChI=1S/C19H19Cl2N3O2.ClH/c20-15-7-14(8-16(21)9-15)18(25)23-17-3-1-13(2-4-17)19(26)24-6-5-12(10-22)11-24;/h1-4,7-9,12H,5-6,10-11,22H2,(H,23,25);1H. The fourth-order valence-corrected chi connectivity index (χ4v) is 3.50. The highest BCUT2D eigenvalue weighted by Gasteiger charge is 2.25. The molecule has 0 saturated carbocycles. The first-order valence-electron chi connectivity index (χ1n) is 8.33. The molecule has 1 fully saturated rings. The summed E-state index contributed by atoms with van der Waals surface area (Å²) < 4.78 is 0. The topological polar surface area (TPSA) is 75.4 Å². The van der Waals surface area contributed by atoms with Crippen molar-refractivity contribution in [3.05, 3.63) is 63.6 Å². The molecule has 1 aliphatic heterocycles. The number of amides is 2. The van der Waals surface area contributed by atoms with Crippen LogP contribution in [-0.4, -0.2) is 36.3 Å². The molecule has 3 rings (SSSR count). The zero-order valence-electron chi connectivity index (χ0n) is 14.5. The zero-order valence-corrected chi connectivity index (χ0v) is 16.8. The SMILES string of the molecule is Cl.NCC1CCN(C(=O)c2ccc(NC(=O)c3cc(Cl)cc(Cl)c3)cc2)C1. The van der Waals surface area contributed by atoms with Gasteiger partial charge < -0.3 is 16.0 Å². The summed E-state index contributed by atoms with van der Waals surface area (Å²) in [5, 5.41) is 3.55. The van der Waals surface area contributed by atoms with E-state index in [1.807, 2.05) is 4.90 Å². The minimum absolute atomic E-state index is 0. The van der Waals surface area contributed by atoms with Crippen molar-refractivity contribution in [1.29, 1.82) is 0 Å². The van der Waals surface area contributed by atoms with E-state index in [0.717, 1.165) is 13.0 Å². The van der Waals surface area contributed by atoms with Crippen LogP contribution in [0.25, 0.3) is 0 Å². The van der Waals surface area contributed by atoms with Gasteiger partial charge in [-0.1, -0.05) is 23.2 Å². The summed E-state index contributed by atoms with van der Waals surface area (Å²) in [6, 6.07) is 11.5. The van der Waals surface area contributed by atoms with Gasteiger partial charge in [-0.3, -0.25) is 9.59 Å². The molecule has 1 heterocycles. The van der Waals surface area contributed by atoms with Crippen LogP contribution in [0.15, 0.2) is 42.5 Å². The van der Waals surface area contributed by atoms with Crippen LogP contribution >= 0.6 is 35.6 Å². The van der Waals surface area contributed by atoms with Crippen molar-refractivity contribution in [3.63, 3.8) is 0 Å². The van der Waals surface area contributed by atoms with E-state index in [-0.39, 0.29) is 24.2 Å². The number of hydrogen-bond acceptors (Lipinski definition) is 3. The quantitative estimate of drug-likeness (QED) is 0.770. The van der Waals surface area contributed by atoms with E-state index in [9.17, 15) is 9.59 Å². The maximum absolute atomic E-state index is 12.5. The Morgan fingerprint density at radius 1 is 1.07 bits per heavy atom. The molecule has 2 aromatic carbocycles. The van der Waals surface area contributed by atoms with Crippen molar-refractivity contribution < 1.29 is 9.59 Å². The molecule has 0 spiro atoms. The van der Waals surface area contributed by atoms with Crippen molar-refractivity contribution in [3.8, 4) is 0 Å². The van der Waals surface area contributed by atoms with E-state index in [2.05, 4.69) is 5.32 Å². The van der Waals surface area contributed by atoms with Crippen molar-refractivity contribution in [2.45, 2.75) is 6.42 Å². The summed E-state index contributed by atoms with van der Waals surface area (Å²) in [4.78, 5) is 26.6. The van der Waals surface area contributed by atoms with Crippen LogP contribution in [0.5, 0.6) is 0 Å². The van der Waals surface area contributed by atoms with Crippen molar-refractivity contribution >= 4 is 53.1 Å². The van der Waals surface area contributed by atoms with Gasteiger partial charge in [0.1, 0.15) is 0 Å². The lowest BCUT2D eigenvalue weighted by Gasteiger charge is -2.16. The number of carbonyl (C=O) groups is 2. The highest BCUT2D eigenvalue weighted by atomic mass is 35.5. The molecular weight excluding hydrogens is 409 g/mol. The summed E-state index contributed by atoms with van der Waals surface area (Å²) in [6.07, 6.45) is 0.943. The van der Waals surface area contributed by atoms with Gasteiger partial charge in [-0.2, -0.15) is 0 Å². The monoisotopic (exact) mass is 427 g/mol. The molecule has 3 N–H and O–H groups in total. The lowest BCUT2D eigenvalue weighted by molar-refractivity contribution is 0.0787. The summed E-state index contributed by atoms with van der Waals surface area (Å²) in [6.45, 7) is 2.03. The summed E-state index contributed by atoms with van der Waals surface area (Å²) in [7, 11) is 0. The Labute approximate surface area is 174 Å². The number of halogens is 3. The number of carbonyl (C=O) groups excluding carboxylic acids is 2. The second-order valence-corrected chi connectivity index (χ2v) is 7.20. The normalized spacial score (nSPS) is 16.0. The smallest absolute Gasteiger partial charge is 0.255 e. The van der Waals surface area contributed by atoms with Gasteiger partial charge in [-0.15, -0.1) is 12.4 Å². The van der Waals surface area contributed by atoms with Crippen molar-refractivity contribution in [2.24, 2.45) is 11.7 Å². The molecule has 2 aromatic rings. The molecule has 1 unspecified atom stereocenters. The molecule has 1 saturated heterocycles. The molecule has 27 heavy (non-hydrogen) atoms. The van der Waals surface area contributed by atoms with Gasteiger partial charge >= 0.3 is 0 Å². The maximum atomic E-state index is 12.5. The molecular formula is C19H20Cl3N3O2. The Bertz CT molecular complexity index is 807. The Morgan fingerprint density at radius 2 is 1.70 bits per heavy atom. The number of nitrogens with one attached hydrogen (secondary N) is 1. The second-order valence-electron chi connectivity index (χ2n) is 6.33. The van der Waals surface area contributed by atoms with Crippen molar-refractivity contribution in [2.75, 3.05) is 25.0 Å². The van der Waals surface area contributed by atoms with E-state index < -0.39 is 0 Å². The number of benzene rings is 2. The summed E-state index contributed by atoms with van der Waals surface area (Å²) in [5.41, 5.74) is 7.22. The van der Waals surface area contributed by atoms with Crippen LogP contribution in [0.4, 0.5) is 5.69 Å². The van der Waals surface area contributed by atoms with Gasteiger partial charge in [0, 0.05) is 39.9 Å². The molecule has 144 valence electrons. The van der Waals surface area contributed by atoms with Gasteiger partial charge in [0.05, 0.1) is 0 Å². The molecule has 2 amide bonds. The molecule has 5 nitrogen and oxygen atoms in total.